The van der Waals surface area contributed by atoms with Gasteiger partial charge in [0, 0.05) is 24.8 Å². The molecule has 2 fully saturated rings. The number of benzene rings is 1. The van der Waals surface area contributed by atoms with E-state index in [1.807, 2.05) is 32.0 Å². The van der Waals surface area contributed by atoms with Gasteiger partial charge < -0.3 is 10.1 Å². The SMILES string of the molecule is Cc1ccc(NC(=O)C2(c3ccccc3C(C)C)CN(S(=O)(=O)NC3CC3)C2)c(OC(F)F)n1. The number of alkyl halides is 2. The number of pyridine rings is 1. The maximum atomic E-state index is 13.7. The van der Waals surface area contributed by atoms with Crippen molar-refractivity contribution in [3.63, 3.8) is 0 Å². The molecule has 1 amide bonds. The third kappa shape index (κ3) is 4.91. The van der Waals surface area contributed by atoms with Gasteiger partial charge in [0.15, 0.2) is 0 Å². The van der Waals surface area contributed by atoms with Crippen LogP contribution in [0.2, 0.25) is 0 Å². The number of carbonyl (C=O) groups excluding carboxylic acids is 1. The van der Waals surface area contributed by atoms with E-state index in [1.54, 1.807) is 19.1 Å². The van der Waals surface area contributed by atoms with Crippen LogP contribution in [0, 0.1) is 6.92 Å². The summed E-state index contributed by atoms with van der Waals surface area (Å²) in [5, 5.41) is 2.67. The summed E-state index contributed by atoms with van der Waals surface area (Å²) in [5.41, 5.74) is 0.856. The zero-order valence-electron chi connectivity index (χ0n) is 19.2. The average Bonchev–Trinajstić information content (AvgIpc) is 3.52. The summed E-state index contributed by atoms with van der Waals surface area (Å²) in [7, 11) is -3.74. The van der Waals surface area contributed by atoms with E-state index in [-0.39, 0.29) is 30.7 Å². The first-order valence-corrected chi connectivity index (χ1v) is 12.6. The number of carbonyl (C=O) groups is 1. The summed E-state index contributed by atoms with van der Waals surface area (Å²) >= 11 is 0. The minimum Gasteiger partial charge on any atom is -0.415 e. The molecule has 184 valence electrons. The van der Waals surface area contributed by atoms with Gasteiger partial charge in [-0.2, -0.15) is 26.2 Å². The number of rotatable bonds is 9. The van der Waals surface area contributed by atoms with E-state index in [0.29, 0.717) is 11.3 Å². The fourth-order valence-corrected chi connectivity index (χ4v) is 5.72. The van der Waals surface area contributed by atoms with Gasteiger partial charge in [-0.05, 0) is 48.9 Å². The van der Waals surface area contributed by atoms with Crippen molar-refractivity contribution in [3.8, 4) is 5.88 Å². The molecule has 0 radical (unpaired) electrons. The van der Waals surface area contributed by atoms with Gasteiger partial charge in [-0.25, -0.2) is 4.98 Å². The smallest absolute Gasteiger partial charge is 0.388 e. The molecule has 0 atom stereocenters. The van der Waals surface area contributed by atoms with E-state index in [4.69, 9.17) is 0 Å². The number of halogens is 2. The molecule has 11 heteroatoms. The standard InChI is InChI=1S/C23H28F2N4O4S/c1-14(2)17-6-4-5-7-18(17)23(12-29(13-23)34(31,32)28-16-9-10-16)21(30)27-19-11-8-15(3)26-20(19)33-22(24)25/h4-8,11,14,16,22,28H,9-10,12-13H2,1-3H3,(H,27,30). The lowest BCUT2D eigenvalue weighted by atomic mass is 9.71. The minimum atomic E-state index is -3.74. The second-order valence-electron chi connectivity index (χ2n) is 9.13. The van der Waals surface area contributed by atoms with E-state index in [0.717, 1.165) is 18.4 Å². The molecule has 8 nitrogen and oxygen atoms in total. The van der Waals surface area contributed by atoms with Crippen LogP contribution in [-0.4, -0.2) is 49.4 Å². The predicted molar refractivity (Wildman–Crippen MR) is 123 cm³/mol. The monoisotopic (exact) mass is 494 g/mol. The van der Waals surface area contributed by atoms with Gasteiger partial charge >= 0.3 is 6.61 Å². The van der Waals surface area contributed by atoms with Crippen molar-refractivity contribution in [1.82, 2.24) is 14.0 Å². The molecule has 2 aromatic rings. The third-order valence-electron chi connectivity index (χ3n) is 6.11. The Morgan fingerprint density at radius 1 is 1.18 bits per heavy atom. The van der Waals surface area contributed by atoms with Gasteiger partial charge in [-0.1, -0.05) is 38.1 Å². The normalized spacial score (nSPS) is 18.1. The number of anilines is 1. The van der Waals surface area contributed by atoms with Crippen molar-refractivity contribution in [2.75, 3.05) is 18.4 Å². The number of ether oxygens (including phenoxy) is 1. The number of nitrogens with zero attached hydrogens (tertiary/aromatic N) is 2. The maximum absolute atomic E-state index is 13.7. The van der Waals surface area contributed by atoms with Crippen LogP contribution in [0.15, 0.2) is 36.4 Å². The number of aryl methyl sites for hydroxylation is 1. The quantitative estimate of drug-likeness (QED) is 0.557. The maximum Gasteiger partial charge on any atom is 0.388 e. The molecule has 2 heterocycles. The fraction of sp³-hybridized carbons (Fsp3) is 0.478. The highest BCUT2D eigenvalue weighted by atomic mass is 32.2. The zero-order valence-corrected chi connectivity index (χ0v) is 20.0. The van der Waals surface area contributed by atoms with Crippen molar-refractivity contribution < 1.29 is 26.7 Å². The molecule has 1 aromatic carbocycles. The third-order valence-corrected chi connectivity index (χ3v) is 7.68. The molecule has 2 aliphatic rings. The average molecular weight is 495 g/mol. The van der Waals surface area contributed by atoms with Crippen molar-refractivity contribution in [2.24, 2.45) is 0 Å². The van der Waals surface area contributed by atoms with E-state index >= 15 is 0 Å². The van der Waals surface area contributed by atoms with Crippen molar-refractivity contribution in [3.05, 3.63) is 53.2 Å². The van der Waals surface area contributed by atoms with Gasteiger partial charge in [0.1, 0.15) is 11.1 Å². The number of amides is 1. The fourth-order valence-electron chi connectivity index (χ4n) is 4.13. The first-order chi connectivity index (χ1) is 16.0. The lowest BCUT2D eigenvalue weighted by Gasteiger charge is -2.48. The van der Waals surface area contributed by atoms with Crippen LogP contribution in [0.4, 0.5) is 14.5 Å². The highest BCUT2D eigenvalue weighted by molar-refractivity contribution is 7.87. The molecule has 1 aliphatic heterocycles. The number of aromatic nitrogens is 1. The van der Waals surface area contributed by atoms with Gasteiger partial charge in [0.05, 0.1) is 0 Å². The Bertz CT molecular complexity index is 1180. The molecule has 1 saturated heterocycles. The van der Waals surface area contributed by atoms with Crippen LogP contribution < -0.4 is 14.8 Å². The van der Waals surface area contributed by atoms with Gasteiger partial charge in [-0.15, -0.1) is 0 Å². The van der Waals surface area contributed by atoms with Crippen molar-refractivity contribution in [1.29, 1.82) is 0 Å². The van der Waals surface area contributed by atoms with Crippen LogP contribution in [-0.2, 0) is 20.4 Å². The molecule has 1 saturated carbocycles. The Hall–Kier alpha value is -2.63. The minimum absolute atomic E-state index is 0.00489. The van der Waals surface area contributed by atoms with Crippen LogP contribution in [0.1, 0.15) is 49.4 Å². The Balaban J connectivity index is 1.68. The summed E-state index contributed by atoms with van der Waals surface area (Å²) < 4.78 is 59.8. The molecule has 0 spiro atoms. The highest BCUT2D eigenvalue weighted by Crippen LogP contribution is 2.41. The van der Waals surface area contributed by atoms with Gasteiger partial charge in [-0.3, -0.25) is 4.79 Å². The van der Waals surface area contributed by atoms with Crippen LogP contribution in [0.25, 0.3) is 0 Å². The van der Waals surface area contributed by atoms with E-state index in [1.165, 1.54) is 10.4 Å². The van der Waals surface area contributed by atoms with Gasteiger partial charge in [0.25, 0.3) is 10.2 Å². The van der Waals surface area contributed by atoms with Crippen molar-refractivity contribution >= 4 is 21.8 Å². The number of hydrogen-bond acceptors (Lipinski definition) is 5. The Morgan fingerprint density at radius 2 is 1.85 bits per heavy atom. The summed E-state index contributed by atoms with van der Waals surface area (Å²) in [6.07, 6.45) is 1.59. The summed E-state index contributed by atoms with van der Waals surface area (Å²) in [4.78, 5) is 17.7. The molecule has 4 rings (SSSR count). The number of hydrogen-bond donors (Lipinski definition) is 2. The first-order valence-electron chi connectivity index (χ1n) is 11.1. The molecule has 1 aromatic heterocycles. The number of nitrogens with one attached hydrogen (secondary N) is 2. The summed E-state index contributed by atoms with van der Waals surface area (Å²) in [6.45, 7) is 2.34. The first kappa shape index (κ1) is 24.5. The van der Waals surface area contributed by atoms with E-state index in [9.17, 15) is 22.0 Å². The molecule has 0 bridgehead atoms. The molecular formula is C23H28F2N4O4S. The lowest BCUT2D eigenvalue weighted by molar-refractivity contribution is -0.125. The summed E-state index contributed by atoms with van der Waals surface area (Å²) in [5.74, 6) is -0.826. The Morgan fingerprint density at radius 3 is 2.47 bits per heavy atom. The van der Waals surface area contributed by atoms with E-state index < -0.39 is 34.0 Å². The lowest BCUT2D eigenvalue weighted by Crippen LogP contribution is -2.68. The largest absolute Gasteiger partial charge is 0.415 e. The Kier molecular flexibility index (Phi) is 6.63. The topological polar surface area (TPSA) is 101 Å². The van der Waals surface area contributed by atoms with Crippen molar-refractivity contribution in [2.45, 2.75) is 57.6 Å². The van der Waals surface area contributed by atoms with Crippen LogP contribution >= 0.6 is 0 Å². The Labute approximate surface area is 197 Å². The predicted octanol–water partition coefficient (Wildman–Crippen LogP) is 3.30. The van der Waals surface area contributed by atoms with Crippen LogP contribution in [0.5, 0.6) is 5.88 Å². The van der Waals surface area contributed by atoms with Gasteiger partial charge in [0.2, 0.25) is 11.8 Å². The second-order valence-corrected chi connectivity index (χ2v) is 10.8. The molecule has 0 unspecified atom stereocenters. The molecule has 1 aliphatic carbocycles. The zero-order chi connectivity index (χ0) is 24.7. The van der Waals surface area contributed by atoms with Crippen LogP contribution in [0.3, 0.4) is 0 Å². The molecule has 34 heavy (non-hydrogen) atoms. The molecule has 2 N–H and O–H groups in total. The molecular weight excluding hydrogens is 466 g/mol. The second kappa shape index (κ2) is 9.20. The van der Waals surface area contributed by atoms with E-state index in [2.05, 4.69) is 19.8 Å². The highest BCUT2D eigenvalue weighted by Gasteiger charge is 2.56. The summed E-state index contributed by atoms with van der Waals surface area (Å²) in [6, 6.07) is 10.3.